The second-order valence-corrected chi connectivity index (χ2v) is 3.73. The molecule has 0 atom stereocenters. The van der Waals surface area contributed by atoms with Crippen molar-refractivity contribution in [3.05, 3.63) is 41.8 Å². The molecule has 0 bridgehead atoms. The average molecular weight is 247 g/mol. The molecule has 0 saturated carbocycles. The Hall–Kier alpha value is -2.50. The van der Waals surface area contributed by atoms with Crippen molar-refractivity contribution in [2.75, 3.05) is 5.32 Å². The molecule has 2 amide bonds. The number of anilines is 1. The van der Waals surface area contributed by atoms with E-state index in [1.807, 2.05) is 0 Å². The van der Waals surface area contributed by atoms with E-state index >= 15 is 0 Å². The highest BCUT2D eigenvalue weighted by Gasteiger charge is 2.07. The van der Waals surface area contributed by atoms with Gasteiger partial charge in [0.05, 0.1) is 5.69 Å². The monoisotopic (exact) mass is 247 g/mol. The lowest BCUT2D eigenvalue weighted by Crippen LogP contribution is -2.28. The number of carbonyl (C=O) groups is 1. The van der Waals surface area contributed by atoms with Crippen molar-refractivity contribution in [2.45, 2.75) is 13.5 Å². The zero-order valence-corrected chi connectivity index (χ0v) is 9.80. The van der Waals surface area contributed by atoms with E-state index in [1.165, 1.54) is 6.26 Å². The molecular weight excluding hydrogens is 234 g/mol. The van der Waals surface area contributed by atoms with Crippen molar-refractivity contribution in [3.63, 3.8) is 0 Å². The number of benzene rings is 1. The molecule has 1 aromatic carbocycles. The second kappa shape index (κ2) is 5.22. The number of aryl methyl sites for hydroxylation is 1. The van der Waals surface area contributed by atoms with Crippen LogP contribution in [-0.4, -0.2) is 16.1 Å². The van der Waals surface area contributed by atoms with Crippen molar-refractivity contribution in [2.24, 2.45) is 0 Å². The van der Waals surface area contributed by atoms with Gasteiger partial charge in [-0.05, 0) is 13.0 Å². The van der Waals surface area contributed by atoms with Gasteiger partial charge in [-0.2, -0.15) is 4.98 Å². The fourth-order valence-electron chi connectivity index (χ4n) is 1.39. The number of carbonyl (C=O) groups excluding carboxylic acids is 1. The van der Waals surface area contributed by atoms with E-state index in [9.17, 15) is 9.90 Å². The molecule has 3 N–H and O–H groups in total. The Morgan fingerprint density at radius 1 is 1.44 bits per heavy atom. The van der Waals surface area contributed by atoms with E-state index in [0.29, 0.717) is 11.3 Å². The van der Waals surface area contributed by atoms with E-state index in [0.717, 1.165) is 0 Å². The normalized spacial score (nSPS) is 10.1. The molecule has 18 heavy (non-hydrogen) atoms. The summed E-state index contributed by atoms with van der Waals surface area (Å²) in [7, 11) is 0. The largest absolute Gasteiger partial charge is 0.508 e. The summed E-state index contributed by atoms with van der Waals surface area (Å²) in [5.41, 5.74) is 1.32. The van der Waals surface area contributed by atoms with Crippen LogP contribution in [0, 0.1) is 6.92 Å². The molecule has 6 heteroatoms. The highest BCUT2D eigenvalue weighted by atomic mass is 16.4. The first kappa shape index (κ1) is 12.0. The van der Waals surface area contributed by atoms with Crippen LogP contribution >= 0.6 is 0 Å². The first-order chi connectivity index (χ1) is 8.65. The number of aromatic nitrogens is 1. The second-order valence-electron chi connectivity index (χ2n) is 3.73. The summed E-state index contributed by atoms with van der Waals surface area (Å²) in [4.78, 5) is 15.4. The number of aromatic hydroxyl groups is 1. The van der Waals surface area contributed by atoms with Crippen LogP contribution in [-0.2, 0) is 6.54 Å². The van der Waals surface area contributed by atoms with Gasteiger partial charge in [0.2, 0.25) is 0 Å². The van der Waals surface area contributed by atoms with Gasteiger partial charge in [-0.3, -0.25) is 5.32 Å². The molecule has 2 rings (SSSR count). The fourth-order valence-corrected chi connectivity index (χ4v) is 1.39. The number of phenolic OH excluding ortho intramolecular Hbond substituents is 1. The predicted octanol–water partition coefficient (Wildman–Crippen LogP) is 2.01. The maximum atomic E-state index is 11.5. The van der Waals surface area contributed by atoms with E-state index in [1.54, 1.807) is 31.2 Å². The third-order valence-corrected chi connectivity index (χ3v) is 2.27. The first-order valence-corrected chi connectivity index (χ1v) is 5.39. The Morgan fingerprint density at radius 3 is 2.89 bits per heavy atom. The quantitative estimate of drug-likeness (QED) is 0.774. The van der Waals surface area contributed by atoms with E-state index in [-0.39, 0.29) is 18.3 Å². The molecule has 2 aromatic rings. The Labute approximate surface area is 104 Å². The van der Waals surface area contributed by atoms with E-state index in [2.05, 4.69) is 15.6 Å². The zero-order valence-electron chi connectivity index (χ0n) is 9.80. The molecule has 6 nitrogen and oxygen atoms in total. The maximum absolute atomic E-state index is 11.5. The Bertz CT molecular complexity index is 551. The van der Waals surface area contributed by atoms with Gasteiger partial charge in [0.25, 0.3) is 0 Å². The number of nitrogens with zero attached hydrogens (tertiary/aromatic N) is 1. The van der Waals surface area contributed by atoms with Gasteiger partial charge in [0, 0.05) is 12.1 Å². The minimum atomic E-state index is -0.444. The molecule has 94 valence electrons. The highest BCUT2D eigenvalue weighted by Crippen LogP contribution is 2.14. The third kappa shape index (κ3) is 3.00. The summed E-state index contributed by atoms with van der Waals surface area (Å²) in [6.07, 6.45) is 1.44. The van der Waals surface area contributed by atoms with E-state index < -0.39 is 6.03 Å². The number of amides is 2. The molecule has 0 saturated heterocycles. The molecule has 0 unspecified atom stereocenters. The maximum Gasteiger partial charge on any atom is 0.323 e. The molecular formula is C12H13N3O3. The molecule has 0 aliphatic carbocycles. The smallest absolute Gasteiger partial charge is 0.323 e. The Morgan fingerprint density at radius 2 is 2.22 bits per heavy atom. The molecule has 0 aliphatic heterocycles. The van der Waals surface area contributed by atoms with Crippen LogP contribution < -0.4 is 10.6 Å². The molecule has 1 heterocycles. The van der Waals surface area contributed by atoms with Gasteiger partial charge < -0.3 is 14.8 Å². The summed E-state index contributed by atoms with van der Waals surface area (Å²) in [5, 5.41) is 14.5. The van der Waals surface area contributed by atoms with Crippen LogP contribution in [0.3, 0.4) is 0 Å². The summed E-state index contributed by atoms with van der Waals surface area (Å²) in [6, 6.07) is 6.49. The van der Waals surface area contributed by atoms with Crippen LogP contribution in [0.5, 0.6) is 5.75 Å². The van der Waals surface area contributed by atoms with Crippen molar-refractivity contribution < 1.29 is 14.3 Å². The number of rotatable bonds is 3. The molecule has 0 fully saturated rings. The topological polar surface area (TPSA) is 87.4 Å². The number of urea groups is 1. The van der Waals surface area contributed by atoms with E-state index in [4.69, 9.17) is 4.42 Å². The Kier molecular flexibility index (Phi) is 3.47. The lowest BCUT2D eigenvalue weighted by molar-refractivity contribution is 0.251. The number of nitrogens with one attached hydrogen (secondary N) is 2. The molecule has 0 aliphatic rings. The summed E-state index contributed by atoms with van der Waals surface area (Å²) < 4.78 is 4.98. The first-order valence-electron chi connectivity index (χ1n) is 5.39. The van der Waals surface area contributed by atoms with Gasteiger partial charge in [-0.25, -0.2) is 4.79 Å². The third-order valence-electron chi connectivity index (χ3n) is 2.27. The lowest BCUT2D eigenvalue weighted by atomic mass is 10.2. The predicted molar refractivity (Wildman–Crippen MR) is 65.2 cm³/mol. The molecule has 0 spiro atoms. The van der Waals surface area contributed by atoms with Gasteiger partial charge in [-0.1, -0.05) is 18.2 Å². The van der Waals surface area contributed by atoms with Crippen LogP contribution in [0.1, 0.15) is 11.3 Å². The summed E-state index contributed by atoms with van der Waals surface area (Å²) >= 11 is 0. The van der Waals surface area contributed by atoms with Gasteiger partial charge in [-0.15, -0.1) is 0 Å². The SMILES string of the molecule is Cc1coc(NC(=O)NCc2ccccc2O)n1. The van der Waals surface area contributed by atoms with Crippen LogP contribution in [0.25, 0.3) is 0 Å². The fraction of sp³-hybridized carbons (Fsp3) is 0.167. The lowest BCUT2D eigenvalue weighted by Gasteiger charge is -2.06. The minimum absolute atomic E-state index is 0.141. The van der Waals surface area contributed by atoms with Gasteiger partial charge in [0.15, 0.2) is 0 Å². The zero-order chi connectivity index (χ0) is 13.0. The summed E-state index contributed by atoms with van der Waals surface area (Å²) in [5.74, 6) is 0.143. The van der Waals surface area contributed by atoms with Crippen molar-refractivity contribution in [1.82, 2.24) is 10.3 Å². The average Bonchev–Trinajstić information content (AvgIpc) is 2.74. The van der Waals surface area contributed by atoms with Crippen molar-refractivity contribution in [1.29, 1.82) is 0 Å². The van der Waals surface area contributed by atoms with Crippen LogP contribution in [0.15, 0.2) is 34.9 Å². The van der Waals surface area contributed by atoms with Crippen LogP contribution in [0.4, 0.5) is 10.8 Å². The van der Waals surface area contributed by atoms with Crippen LogP contribution in [0.2, 0.25) is 0 Å². The number of hydrogen-bond donors (Lipinski definition) is 3. The molecule has 1 aromatic heterocycles. The van der Waals surface area contributed by atoms with Gasteiger partial charge in [0.1, 0.15) is 12.0 Å². The van der Waals surface area contributed by atoms with Gasteiger partial charge >= 0.3 is 12.0 Å². The van der Waals surface area contributed by atoms with Crippen molar-refractivity contribution >= 4 is 12.0 Å². The number of para-hydroxylation sites is 1. The molecule has 0 radical (unpaired) electrons. The number of oxazole rings is 1. The Balaban J connectivity index is 1.87. The van der Waals surface area contributed by atoms with Crippen molar-refractivity contribution in [3.8, 4) is 5.75 Å². The minimum Gasteiger partial charge on any atom is -0.508 e. The standard InChI is InChI=1S/C12H13N3O3/c1-8-7-18-12(14-8)15-11(17)13-6-9-4-2-3-5-10(9)16/h2-5,7,16H,6H2,1H3,(H2,13,14,15,17). The number of phenols is 1. The summed E-state index contributed by atoms with van der Waals surface area (Å²) in [6.45, 7) is 1.98. The number of hydrogen-bond acceptors (Lipinski definition) is 4. The highest BCUT2D eigenvalue weighted by molar-refractivity contribution is 5.86.